The second-order valence-corrected chi connectivity index (χ2v) is 3.40. The normalized spacial score (nSPS) is 11.2. The Morgan fingerprint density at radius 2 is 2.12 bits per heavy atom. The minimum absolute atomic E-state index is 0.253. The molecule has 0 aliphatic carbocycles. The van der Waals surface area contributed by atoms with Crippen LogP contribution in [0.2, 0.25) is 0 Å². The first-order valence-electron chi connectivity index (χ1n) is 3.65. The maximum absolute atomic E-state index is 12.0. The number of halogens is 4. The first-order chi connectivity index (χ1) is 7.22. The highest BCUT2D eigenvalue weighted by atomic mass is 79.9. The van der Waals surface area contributed by atoms with Gasteiger partial charge in [-0.05, 0) is 15.9 Å². The van der Waals surface area contributed by atoms with Gasteiger partial charge in [0.1, 0.15) is 11.4 Å². The molecule has 0 atom stereocenters. The third kappa shape index (κ3) is 2.75. The van der Waals surface area contributed by atoms with Gasteiger partial charge in [0.2, 0.25) is 0 Å². The number of nitrogens with two attached hydrogens (primary N) is 1. The van der Waals surface area contributed by atoms with E-state index in [9.17, 15) is 18.0 Å². The Bertz CT molecular complexity index is 436. The van der Waals surface area contributed by atoms with Crippen molar-refractivity contribution < 1.29 is 27.8 Å². The van der Waals surface area contributed by atoms with Crippen molar-refractivity contribution in [3.63, 3.8) is 0 Å². The third-order valence-corrected chi connectivity index (χ3v) is 2.01. The molecular formula is C7H4BrF3N2O3. The Balaban J connectivity index is 3.35. The molecule has 0 bridgehead atoms. The zero-order chi connectivity index (χ0) is 12.5. The number of aromatic nitrogens is 1. The number of anilines is 1. The summed E-state index contributed by atoms with van der Waals surface area (Å²) in [5.41, 5.74) is 4.31. The van der Waals surface area contributed by atoms with E-state index in [0.29, 0.717) is 0 Å². The van der Waals surface area contributed by atoms with Crippen LogP contribution in [0.15, 0.2) is 10.7 Å². The summed E-state index contributed by atoms with van der Waals surface area (Å²) in [4.78, 5) is 14.1. The standard InChI is InChI=1S/C7H4BrF3N2O3/c8-2-1-13-5(12)3(6(14)15)4(2)16-7(9,10)11/h1H,(H2,12,13)(H,14,15). The van der Waals surface area contributed by atoms with Crippen LogP contribution < -0.4 is 10.5 Å². The van der Waals surface area contributed by atoms with E-state index in [1.54, 1.807) is 0 Å². The van der Waals surface area contributed by atoms with Gasteiger partial charge >= 0.3 is 12.3 Å². The van der Waals surface area contributed by atoms with Gasteiger partial charge in [0.25, 0.3) is 0 Å². The summed E-state index contributed by atoms with van der Waals surface area (Å²) < 4.78 is 39.3. The molecule has 0 aliphatic rings. The van der Waals surface area contributed by atoms with Gasteiger partial charge in [0.05, 0.1) is 4.47 Å². The van der Waals surface area contributed by atoms with Gasteiger partial charge in [0.15, 0.2) is 5.75 Å². The average Bonchev–Trinajstić information content (AvgIpc) is 2.08. The van der Waals surface area contributed by atoms with Crippen LogP contribution in [-0.4, -0.2) is 22.4 Å². The monoisotopic (exact) mass is 300 g/mol. The van der Waals surface area contributed by atoms with E-state index in [0.717, 1.165) is 6.20 Å². The Kier molecular flexibility index (Phi) is 3.27. The summed E-state index contributed by atoms with van der Waals surface area (Å²) >= 11 is 2.70. The molecule has 1 heterocycles. The van der Waals surface area contributed by atoms with Gasteiger partial charge in [-0.1, -0.05) is 0 Å². The summed E-state index contributed by atoms with van der Waals surface area (Å²) in [5, 5.41) is 8.68. The van der Waals surface area contributed by atoms with Crippen LogP contribution in [0.4, 0.5) is 19.0 Å². The summed E-state index contributed by atoms with van der Waals surface area (Å²) in [6.45, 7) is 0. The number of ether oxygens (including phenoxy) is 1. The first-order valence-corrected chi connectivity index (χ1v) is 4.44. The number of hydrogen-bond donors (Lipinski definition) is 2. The Morgan fingerprint density at radius 3 is 2.56 bits per heavy atom. The van der Waals surface area contributed by atoms with Gasteiger partial charge in [-0.15, -0.1) is 13.2 Å². The van der Waals surface area contributed by atoms with Gasteiger partial charge < -0.3 is 15.6 Å². The highest BCUT2D eigenvalue weighted by molar-refractivity contribution is 9.10. The van der Waals surface area contributed by atoms with E-state index in [1.807, 2.05) is 0 Å². The van der Waals surface area contributed by atoms with Crippen molar-refractivity contribution >= 4 is 27.7 Å². The van der Waals surface area contributed by atoms with Crippen molar-refractivity contribution in [2.75, 3.05) is 5.73 Å². The number of alkyl halides is 3. The van der Waals surface area contributed by atoms with E-state index in [4.69, 9.17) is 10.8 Å². The molecule has 16 heavy (non-hydrogen) atoms. The Labute approximate surface area is 95.2 Å². The number of carboxylic acids is 1. The van der Waals surface area contributed by atoms with Crippen molar-refractivity contribution in [2.45, 2.75) is 6.36 Å². The lowest BCUT2D eigenvalue weighted by molar-refractivity contribution is -0.275. The number of rotatable bonds is 2. The van der Waals surface area contributed by atoms with Crippen LogP contribution in [0.3, 0.4) is 0 Å². The molecule has 0 spiro atoms. The van der Waals surface area contributed by atoms with Crippen molar-refractivity contribution in [1.82, 2.24) is 4.98 Å². The minimum Gasteiger partial charge on any atom is -0.477 e. The lowest BCUT2D eigenvalue weighted by Gasteiger charge is -2.13. The molecule has 0 amide bonds. The van der Waals surface area contributed by atoms with Crippen molar-refractivity contribution in [3.05, 3.63) is 16.2 Å². The molecule has 1 rings (SSSR count). The minimum atomic E-state index is -5.01. The second kappa shape index (κ2) is 4.16. The topological polar surface area (TPSA) is 85.4 Å². The predicted molar refractivity (Wildman–Crippen MR) is 50.0 cm³/mol. The molecule has 88 valence electrons. The number of carbonyl (C=O) groups is 1. The highest BCUT2D eigenvalue weighted by Crippen LogP contribution is 2.35. The number of nitrogen functional groups attached to an aromatic ring is 1. The van der Waals surface area contributed by atoms with E-state index in [2.05, 4.69) is 25.7 Å². The molecule has 5 nitrogen and oxygen atoms in total. The maximum atomic E-state index is 12.0. The van der Waals surface area contributed by atoms with E-state index in [-0.39, 0.29) is 4.47 Å². The van der Waals surface area contributed by atoms with Crippen LogP contribution >= 0.6 is 15.9 Å². The van der Waals surface area contributed by atoms with Crippen LogP contribution in [-0.2, 0) is 0 Å². The van der Waals surface area contributed by atoms with Gasteiger partial charge in [-0.25, -0.2) is 9.78 Å². The average molecular weight is 301 g/mol. The van der Waals surface area contributed by atoms with E-state index >= 15 is 0 Å². The lowest BCUT2D eigenvalue weighted by Crippen LogP contribution is -2.20. The van der Waals surface area contributed by atoms with Crippen LogP contribution in [0.5, 0.6) is 5.75 Å². The fourth-order valence-corrected chi connectivity index (χ4v) is 1.29. The molecule has 9 heteroatoms. The fraction of sp³-hybridized carbons (Fsp3) is 0.143. The number of pyridine rings is 1. The highest BCUT2D eigenvalue weighted by Gasteiger charge is 2.35. The summed E-state index contributed by atoms with van der Waals surface area (Å²) in [7, 11) is 0. The van der Waals surface area contributed by atoms with Gasteiger partial charge in [-0.2, -0.15) is 0 Å². The van der Waals surface area contributed by atoms with Crippen LogP contribution in [0.1, 0.15) is 10.4 Å². The molecule has 0 saturated carbocycles. The van der Waals surface area contributed by atoms with Crippen molar-refractivity contribution in [2.24, 2.45) is 0 Å². The van der Waals surface area contributed by atoms with Crippen molar-refractivity contribution in [1.29, 1.82) is 0 Å². The largest absolute Gasteiger partial charge is 0.573 e. The number of aromatic carboxylic acids is 1. The number of hydrogen-bond acceptors (Lipinski definition) is 4. The van der Waals surface area contributed by atoms with E-state index in [1.165, 1.54) is 0 Å². The predicted octanol–water partition coefficient (Wildman–Crippen LogP) is 2.02. The smallest absolute Gasteiger partial charge is 0.477 e. The zero-order valence-electron chi connectivity index (χ0n) is 7.38. The first kappa shape index (κ1) is 12.6. The summed E-state index contributed by atoms with van der Waals surface area (Å²) in [5.74, 6) is -3.15. The van der Waals surface area contributed by atoms with Crippen molar-refractivity contribution in [3.8, 4) is 5.75 Å². The molecule has 1 aromatic heterocycles. The van der Waals surface area contributed by atoms with E-state index < -0.39 is 29.5 Å². The molecule has 3 N–H and O–H groups in total. The molecule has 1 aromatic rings. The number of nitrogens with zero attached hydrogens (tertiary/aromatic N) is 1. The molecule has 0 fully saturated rings. The van der Waals surface area contributed by atoms with Gasteiger partial charge in [-0.3, -0.25) is 0 Å². The number of carboxylic acid groups (broad SMARTS) is 1. The quantitative estimate of drug-likeness (QED) is 0.873. The summed E-state index contributed by atoms with van der Waals surface area (Å²) in [6.07, 6.45) is -4.09. The molecule has 0 aliphatic heterocycles. The fourth-order valence-electron chi connectivity index (χ4n) is 0.907. The third-order valence-electron chi connectivity index (χ3n) is 1.45. The Hall–Kier alpha value is -1.51. The summed E-state index contributed by atoms with van der Waals surface area (Å²) in [6, 6.07) is 0. The lowest BCUT2D eigenvalue weighted by atomic mass is 10.2. The zero-order valence-corrected chi connectivity index (χ0v) is 8.96. The SMILES string of the molecule is Nc1ncc(Br)c(OC(F)(F)F)c1C(=O)O. The molecule has 0 aromatic carbocycles. The molecule has 0 unspecified atom stereocenters. The van der Waals surface area contributed by atoms with Crippen LogP contribution in [0, 0.1) is 0 Å². The van der Waals surface area contributed by atoms with Gasteiger partial charge in [0, 0.05) is 6.20 Å². The van der Waals surface area contributed by atoms with Crippen LogP contribution in [0.25, 0.3) is 0 Å². The molecule has 0 saturated heterocycles. The molecular weight excluding hydrogens is 297 g/mol. The maximum Gasteiger partial charge on any atom is 0.573 e. The Morgan fingerprint density at radius 1 is 1.56 bits per heavy atom. The second-order valence-electron chi connectivity index (χ2n) is 2.55. The molecule has 0 radical (unpaired) electrons.